The van der Waals surface area contributed by atoms with Gasteiger partial charge >= 0.3 is 0 Å². The molecule has 0 aliphatic carbocycles. The third kappa shape index (κ3) is 4.41. The van der Waals surface area contributed by atoms with Crippen LogP contribution < -0.4 is 0 Å². The molecule has 0 spiro atoms. The number of hydrogen-bond acceptors (Lipinski definition) is 2. The van der Waals surface area contributed by atoms with Gasteiger partial charge in [0.05, 0.1) is 0 Å². The van der Waals surface area contributed by atoms with Gasteiger partial charge < -0.3 is 4.74 Å². The van der Waals surface area contributed by atoms with Crippen LogP contribution in [0.25, 0.3) is 0 Å². The largest absolute Gasteiger partial charge is 0.368 e. The molecule has 0 amide bonds. The van der Waals surface area contributed by atoms with Crippen LogP contribution in [0.15, 0.2) is 0 Å². The first-order chi connectivity index (χ1) is 5.92. The minimum atomic E-state index is -0.557. The van der Waals surface area contributed by atoms with Crippen LogP contribution in [-0.4, -0.2) is 18.0 Å². The molecule has 2 nitrogen and oxygen atoms in total. The Morgan fingerprint density at radius 3 is 2.31 bits per heavy atom. The van der Waals surface area contributed by atoms with Gasteiger partial charge in [0.15, 0.2) is 5.78 Å². The average Bonchev–Trinajstić information content (AvgIpc) is 2.01. The first kappa shape index (κ1) is 12.6. The Kier molecular flexibility index (Phi) is 5.23. The SMILES string of the molecule is CCOC(C)(CCC(C)C)C(C)=O. The van der Waals surface area contributed by atoms with Crippen molar-refractivity contribution in [1.29, 1.82) is 0 Å². The van der Waals surface area contributed by atoms with Gasteiger partial charge in [-0.05, 0) is 39.5 Å². The van der Waals surface area contributed by atoms with Crippen molar-refractivity contribution >= 4 is 5.78 Å². The summed E-state index contributed by atoms with van der Waals surface area (Å²) in [6.07, 6.45) is 1.87. The van der Waals surface area contributed by atoms with E-state index < -0.39 is 5.60 Å². The van der Waals surface area contributed by atoms with E-state index in [9.17, 15) is 4.79 Å². The molecule has 0 aliphatic heterocycles. The lowest BCUT2D eigenvalue weighted by Crippen LogP contribution is -2.37. The molecule has 0 aromatic carbocycles. The van der Waals surface area contributed by atoms with Crippen molar-refractivity contribution in [1.82, 2.24) is 0 Å². The van der Waals surface area contributed by atoms with Crippen LogP contribution in [0.3, 0.4) is 0 Å². The van der Waals surface area contributed by atoms with Gasteiger partial charge in [0.1, 0.15) is 5.60 Å². The van der Waals surface area contributed by atoms with Crippen molar-refractivity contribution in [3.05, 3.63) is 0 Å². The third-order valence-corrected chi connectivity index (χ3v) is 2.41. The highest BCUT2D eigenvalue weighted by molar-refractivity contribution is 5.84. The van der Waals surface area contributed by atoms with Crippen LogP contribution in [0, 0.1) is 5.92 Å². The Morgan fingerprint density at radius 1 is 1.46 bits per heavy atom. The Balaban J connectivity index is 4.16. The molecule has 13 heavy (non-hydrogen) atoms. The smallest absolute Gasteiger partial charge is 0.161 e. The van der Waals surface area contributed by atoms with E-state index in [4.69, 9.17) is 4.74 Å². The zero-order valence-corrected chi connectivity index (χ0v) is 9.52. The standard InChI is InChI=1S/C11H22O2/c1-6-13-11(5,10(4)12)8-7-9(2)3/h9H,6-8H2,1-5H3. The van der Waals surface area contributed by atoms with Crippen molar-refractivity contribution in [3.63, 3.8) is 0 Å². The van der Waals surface area contributed by atoms with Crippen molar-refractivity contribution < 1.29 is 9.53 Å². The molecule has 0 rings (SSSR count). The maximum Gasteiger partial charge on any atom is 0.161 e. The van der Waals surface area contributed by atoms with E-state index in [-0.39, 0.29) is 5.78 Å². The molecule has 2 heteroatoms. The number of Topliss-reactive ketones (excluding diaryl/α,β-unsaturated/α-hetero) is 1. The van der Waals surface area contributed by atoms with E-state index in [1.54, 1.807) is 6.92 Å². The first-order valence-electron chi connectivity index (χ1n) is 5.07. The van der Waals surface area contributed by atoms with Gasteiger partial charge in [-0.2, -0.15) is 0 Å². The van der Waals surface area contributed by atoms with Gasteiger partial charge in [0.25, 0.3) is 0 Å². The number of carbonyl (C=O) groups is 1. The minimum absolute atomic E-state index is 0.134. The van der Waals surface area contributed by atoms with Gasteiger partial charge in [-0.3, -0.25) is 4.79 Å². The van der Waals surface area contributed by atoms with Crippen LogP contribution >= 0.6 is 0 Å². The highest BCUT2D eigenvalue weighted by Gasteiger charge is 2.29. The molecule has 0 radical (unpaired) electrons. The van der Waals surface area contributed by atoms with E-state index in [1.165, 1.54) is 0 Å². The predicted octanol–water partition coefficient (Wildman–Crippen LogP) is 2.81. The lowest BCUT2D eigenvalue weighted by atomic mass is 9.92. The van der Waals surface area contributed by atoms with Crippen LogP contribution in [0.5, 0.6) is 0 Å². The van der Waals surface area contributed by atoms with Gasteiger partial charge in [0.2, 0.25) is 0 Å². The van der Waals surface area contributed by atoms with Crippen molar-refractivity contribution in [2.75, 3.05) is 6.61 Å². The van der Waals surface area contributed by atoms with Crippen molar-refractivity contribution in [2.45, 2.75) is 53.1 Å². The lowest BCUT2D eigenvalue weighted by molar-refractivity contribution is -0.140. The van der Waals surface area contributed by atoms with Crippen LogP contribution in [-0.2, 0) is 9.53 Å². The lowest BCUT2D eigenvalue weighted by Gasteiger charge is -2.27. The average molecular weight is 186 g/mol. The van der Waals surface area contributed by atoms with Crippen LogP contribution in [0.2, 0.25) is 0 Å². The maximum absolute atomic E-state index is 11.3. The molecule has 0 heterocycles. The molecule has 0 bridgehead atoms. The molecule has 78 valence electrons. The van der Waals surface area contributed by atoms with E-state index >= 15 is 0 Å². The van der Waals surface area contributed by atoms with E-state index in [0.717, 1.165) is 12.8 Å². The normalized spacial score (nSPS) is 15.8. The van der Waals surface area contributed by atoms with Gasteiger partial charge in [-0.15, -0.1) is 0 Å². The van der Waals surface area contributed by atoms with Crippen molar-refractivity contribution in [2.24, 2.45) is 5.92 Å². The summed E-state index contributed by atoms with van der Waals surface area (Å²) < 4.78 is 5.49. The number of ether oxygens (including phenoxy) is 1. The molecule has 0 saturated carbocycles. The Hall–Kier alpha value is -0.370. The molecule has 0 N–H and O–H groups in total. The topological polar surface area (TPSA) is 26.3 Å². The maximum atomic E-state index is 11.3. The number of hydrogen-bond donors (Lipinski definition) is 0. The second kappa shape index (κ2) is 5.38. The molecule has 0 aliphatic rings. The summed E-state index contributed by atoms with van der Waals surface area (Å²) in [6.45, 7) is 10.3. The fraction of sp³-hybridized carbons (Fsp3) is 0.909. The molecule has 0 aromatic rings. The van der Waals surface area contributed by atoms with E-state index in [0.29, 0.717) is 12.5 Å². The Labute approximate surface area is 81.7 Å². The summed E-state index contributed by atoms with van der Waals surface area (Å²) in [5, 5.41) is 0. The van der Waals surface area contributed by atoms with Crippen LogP contribution in [0.4, 0.5) is 0 Å². The molecule has 1 unspecified atom stereocenters. The highest BCUT2D eigenvalue weighted by atomic mass is 16.5. The second-order valence-corrected chi connectivity index (χ2v) is 4.15. The van der Waals surface area contributed by atoms with E-state index in [1.807, 2.05) is 13.8 Å². The quantitative estimate of drug-likeness (QED) is 0.637. The van der Waals surface area contributed by atoms with Gasteiger partial charge in [-0.25, -0.2) is 0 Å². The number of ketones is 1. The Bertz CT molecular complexity index is 163. The number of rotatable bonds is 6. The summed E-state index contributed by atoms with van der Waals surface area (Å²) in [7, 11) is 0. The van der Waals surface area contributed by atoms with Gasteiger partial charge in [-0.1, -0.05) is 13.8 Å². The molecule has 0 saturated heterocycles. The Morgan fingerprint density at radius 2 is 2.00 bits per heavy atom. The molecular weight excluding hydrogens is 164 g/mol. The molecule has 0 aromatic heterocycles. The molecular formula is C11H22O2. The molecule has 1 atom stereocenters. The summed E-state index contributed by atoms with van der Waals surface area (Å²) in [4.78, 5) is 11.3. The third-order valence-electron chi connectivity index (χ3n) is 2.41. The van der Waals surface area contributed by atoms with Crippen molar-refractivity contribution in [3.8, 4) is 0 Å². The molecule has 0 fully saturated rings. The zero-order valence-electron chi connectivity index (χ0n) is 9.52. The summed E-state index contributed by atoms with van der Waals surface area (Å²) in [5.74, 6) is 0.758. The first-order valence-corrected chi connectivity index (χ1v) is 5.07. The van der Waals surface area contributed by atoms with Gasteiger partial charge in [0, 0.05) is 6.61 Å². The fourth-order valence-electron chi connectivity index (χ4n) is 1.23. The predicted molar refractivity (Wildman–Crippen MR) is 54.8 cm³/mol. The van der Waals surface area contributed by atoms with Crippen LogP contribution in [0.1, 0.15) is 47.5 Å². The fourth-order valence-corrected chi connectivity index (χ4v) is 1.23. The zero-order chi connectivity index (χ0) is 10.5. The summed E-state index contributed by atoms with van der Waals surface area (Å²) >= 11 is 0. The second-order valence-electron chi connectivity index (χ2n) is 4.15. The van der Waals surface area contributed by atoms with E-state index in [2.05, 4.69) is 13.8 Å². The highest BCUT2D eigenvalue weighted by Crippen LogP contribution is 2.21. The monoisotopic (exact) mass is 186 g/mol. The summed E-state index contributed by atoms with van der Waals surface area (Å²) in [6, 6.07) is 0. The minimum Gasteiger partial charge on any atom is -0.368 e. The number of carbonyl (C=O) groups excluding carboxylic acids is 1. The summed E-state index contributed by atoms with van der Waals surface area (Å²) in [5.41, 5.74) is -0.557.